The molecule has 31 heavy (non-hydrogen) atoms. The highest BCUT2D eigenvalue weighted by atomic mass is 32.2. The van der Waals surface area contributed by atoms with Crippen molar-refractivity contribution < 1.29 is 22.7 Å². The van der Waals surface area contributed by atoms with Crippen LogP contribution in [-0.4, -0.2) is 62.9 Å². The van der Waals surface area contributed by atoms with Crippen molar-refractivity contribution in [1.29, 1.82) is 0 Å². The lowest BCUT2D eigenvalue weighted by atomic mass is 10.2. The van der Waals surface area contributed by atoms with Gasteiger partial charge in [0, 0.05) is 25.7 Å². The normalized spacial score (nSPS) is 19.5. The molecule has 0 aromatic heterocycles. The van der Waals surface area contributed by atoms with Crippen LogP contribution in [0.1, 0.15) is 36.0 Å². The topological polar surface area (TPSA) is 76.1 Å². The Morgan fingerprint density at radius 2 is 1.74 bits per heavy atom. The second kappa shape index (κ2) is 9.28. The molecule has 0 N–H and O–H groups in total. The fraction of sp³-hybridized carbons (Fsp3) is 0.435. The predicted octanol–water partition coefficient (Wildman–Crippen LogP) is 3.16. The number of carbonyl (C=O) groups excluding carboxylic acids is 1. The van der Waals surface area contributed by atoms with E-state index in [9.17, 15) is 13.2 Å². The van der Waals surface area contributed by atoms with E-state index in [1.54, 1.807) is 30.1 Å². The third-order valence-corrected chi connectivity index (χ3v) is 7.57. The number of nitrogens with zero attached hydrogens (tertiary/aromatic N) is 2. The van der Waals surface area contributed by atoms with E-state index in [0.29, 0.717) is 43.3 Å². The Morgan fingerprint density at radius 3 is 2.48 bits per heavy atom. The van der Waals surface area contributed by atoms with E-state index in [0.717, 1.165) is 25.7 Å². The highest BCUT2D eigenvalue weighted by Crippen LogP contribution is 2.31. The zero-order chi connectivity index (χ0) is 21.8. The van der Waals surface area contributed by atoms with Gasteiger partial charge in [0.1, 0.15) is 6.61 Å². The molecule has 0 bridgehead atoms. The molecule has 7 nitrogen and oxygen atoms in total. The van der Waals surface area contributed by atoms with Crippen LogP contribution >= 0.6 is 0 Å². The maximum Gasteiger partial charge on any atom is 0.253 e. The van der Waals surface area contributed by atoms with Crippen molar-refractivity contribution in [2.75, 3.05) is 33.3 Å². The van der Waals surface area contributed by atoms with Gasteiger partial charge in [-0.3, -0.25) is 4.79 Å². The van der Waals surface area contributed by atoms with Crippen LogP contribution in [0.5, 0.6) is 11.5 Å². The largest absolute Gasteiger partial charge is 0.486 e. The molecule has 166 valence electrons. The van der Waals surface area contributed by atoms with E-state index in [-0.39, 0.29) is 16.9 Å². The third-order valence-electron chi connectivity index (χ3n) is 5.68. The monoisotopic (exact) mass is 444 g/mol. The number of sulfonamides is 1. The van der Waals surface area contributed by atoms with Gasteiger partial charge in [-0.2, -0.15) is 4.31 Å². The maximum atomic E-state index is 13.1. The van der Waals surface area contributed by atoms with Gasteiger partial charge in [-0.05, 0) is 43.2 Å². The lowest BCUT2D eigenvalue weighted by Crippen LogP contribution is -2.41. The Hall–Kier alpha value is -2.58. The number of likely N-dealkylation sites (N-methyl/N-ethyl adjacent to an activating group) is 1. The second-order valence-electron chi connectivity index (χ2n) is 8.03. The SMILES string of the molecule is CN(C[C@H]1COc2ccccc2O1)C(=O)c1cccc(S(=O)(=O)N2CCCCCC2)c1. The van der Waals surface area contributed by atoms with E-state index >= 15 is 0 Å². The van der Waals surface area contributed by atoms with Gasteiger partial charge < -0.3 is 14.4 Å². The first-order valence-corrected chi connectivity index (χ1v) is 12.1. The molecule has 2 heterocycles. The highest BCUT2D eigenvalue weighted by molar-refractivity contribution is 7.89. The average molecular weight is 445 g/mol. The zero-order valence-electron chi connectivity index (χ0n) is 17.7. The number of carbonyl (C=O) groups is 1. The molecule has 1 fully saturated rings. The van der Waals surface area contributed by atoms with Crippen LogP contribution in [0.2, 0.25) is 0 Å². The van der Waals surface area contributed by atoms with Crippen LogP contribution in [0.25, 0.3) is 0 Å². The van der Waals surface area contributed by atoms with Crippen molar-refractivity contribution in [3.63, 3.8) is 0 Å². The molecule has 2 aliphatic rings. The maximum absolute atomic E-state index is 13.1. The van der Waals surface area contributed by atoms with Crippen molar-refractivity contribution in [2.45, 2.75) is 36.7 Å². The minimum Gasteiger partial charge on any atom is -0.486 e. The summed E-state index contributed by atoms with van der Waals surface area (Å²) >= 11 is 0. The van der Waals surface area contributed by atoms with Crippen LogP contribution in [-0.2, 0) is 10.0 Å². The van der Waals surface area contributed by atoms with Crippen LogP contribution < -0.4 is 9.47 Å². The summed E-state index contributed by atoms with van der Waals surface area (Å²) in [5, 5.41) is 0. The molecule has 1 amide bonds. The molecule has 1 saturated heterocycles. The molecule has 0 unspecified atom stereocenters. The fourth-order valence-electron chi connectivity index (χ4n) is 3.98. The standard InChI is InChI=1S/C23H28N2O5S/c1-24(16-19-17-29-21-11-4-5-12-22(21)30-19)23(26)18-9-8-10-20(15-18)31(27,28)25-13-6-2-3-7-14-25/h4-5,8-12,15,19H,2-3,6-7,13-14,16-17H2,1H3/t19-/m0/s1. The lowest BCUT2D eigenvalue weighted by Gasteiger charge is -2.29. The average Bonchev–Trinajstić information content (AvgIpc) is 3.09. The number of amides is 1. The second-order valence-corrected chi connectivity index (χ2v) is 9.97. The van der Waals surface area contributed by atoms with Gasteiger partial charge in [-0.25, -0.2) is 8.42 Å². The minimum atomic E-state index is -3.61. The van der Waals surface area contributed by atoms with Gasteiger partial charge in [0.25, 0.3) is 5.91 Å². The molecular weight excluding hydrogens is 416 g/mol. The van der Waals surface area contributed by atoms with E-state index < -0.39 is 10.0 Å². The molecule has 2 aliphatic heterocycles. The van der Waals surface area contributed by atoms with E-state index in [4.69, 9.17) is 9.47 Å². The summed E-state index contributed by atoms with van der Waals surface area (Å²) in [5.41, 5.74) is 0.343. The molecule has 8 heteroatoms. The Labute approximate surface area is 183 Å². The number of rotatable bonds is 5. The van der Waals surface area contributed by atoms with Crippen LogP contribution in [0, 0.1) is 0 Å². The van der Waals surface area contributed by atoms with Crippen molar-refractivity contribution in [1.82, 2.24) is 9.21 Å². The third kappa shape index (κ3) is 4.85. The lowest BCUT2D eigenvalue weighted by molar-refractivity contribution is 0.0521. The quantitative estimate of drug-likeness (QED) is 0.708. The van der Waals surface area contributed by atoms with Gasteiger partial charge >= 0.3 is 0 Å². The van der Waals surface area contributed by atoms with Gasteiger partial charge in [0.2, 0.25) is 10.0 Å². The van der Waals surface area contributed by atoms with Gasteiger partial charge in [0.05, 0.1) is 11.4 Å². The molecule has 2 aromatic carbocycles. The summed E-state index contributed by atoms with van der Waals surface area (Å²) in [6.45, 7) is 1.73. The van der Waals surface area contributed by atoms with Gasteiger partial charge in [-0.15, -0.1) is 0 Å². The van der Waals surface area contributed by atoms with E-state index in [1.807, 2.05) is 24.3 Å². The Kier molecular flexibility index (Phi) is 6.48. The summed E-state index contributed by atoms with van der Waals surface area (Å²) in [4.78, 5) is 14.7. The summed E-state index contributed by atoms with van der Waals surface area (Å²) in [6, 6.07) is 13.7. The summed E-state index contributed by atoms with van der Waals surface area (Å²) in [6.07, 6.45) is 3.53. The Morgan fingerprint density at radius 1 is 1.03 bits per heavy atom. The van der Waals surface area contributed by atoms with Crippen molar-refractivity contribution >= 4 is 15.9 Å². The zero-order valence-corrected chi connectivity index (χ0v) is 18.5. The predicted molar refractivity (Wildman–Crippen MR) is 117 cm³/mol. The number of hydrogen-bond acceptors (Lipinski definition) is 5. The summed E-state index contributed by atoms with van der Waals surface area (Å²) in [7, 11) is -1.93. The molecular formula is C23H28N2O5S. The number of ether oxygens (including phenoxy) is 2. The van der Waals surface area contributed by atoms with E-state index in [2.05, 4.69) is 0 Å². The van der Waals surface area contributed by atoms with Gasteiger partial charge in [0.15, 0.2) is 17.6 Å². The van der Waals surface area contributed by atoms with Gasteiger partial charge in [-0.1, -0.05) is 31.0 Å². The number of benzene rings is 2. The molecule has 0 saturated carbocycles. The summed E-state index contributed by atoms with van der Waals surface area (Å²) in [5.74, 6) is 1.10. The minimum absolute atomic E-state index is 0.167. The fourth-order valence-corrected chi connectivity index (χ4v) is 5.55. The van der Waals surface area contributed by atoms with E-state index in [1.165, 1.54) is 10.4 Å². The number of hydrogen-bond donors (Lipinski definition) is 0. The van der Waals surface area contributed by atoms with Crippen molar-refractivity contribution in [3.8, 4) is 11.5 Å². The Bertz CT molecular complexity index is 1030. The van der Waals surface area contributed by atoms with Crippen molar-refractivity contribution in [3.05, 3.63) is 54.1 Å². The van der Waals surface area contributed by atoms with Crippen molar-refractivity contribution in [2.24, 2.45) is 0 Å². The smallest absolute Gasteiger partial charge is 0.253 e. The molecule has 0 spiro atoms. The number of para-hydroxylation sites is 2. The van der Waals surface area contributed by atoms with Crippen LogP contribution in [0.15, 0.2) is 53.4 Å². The number of fused-ring (bicyclic) bond motifs is 1. The van der Waals surface area contributed by atoms with Crippen LogP contribution in [0.4, 0.5) is 0 Å². The van der Waals surface area contributed by atoms with Crippen LogP contribution in [0.3, 0.4) is 0 Å². The molecule has 0 radical (unpaired) electrons. The molecule has 0 aliphatic carbocycles. The Balaban J connectivity index is 1.45. The summed E-state index contributed by atoms with van der Waals surface area (Å²) < 4.78 is 39.4. The highest BCUT2D eigenvalue weighted by Gasteiger charge is 2.27. The molecule has 4 rings (SSSR count). The molecule has 2 aromatic rings. The first kappa shape index (κ1) is 21.6. The first-order chi connectivity index (χ1) is 14.9. The first-order valence-electron chi connectivity index (χ1n) is 10.7. The molecule has 1 atom stereocenters.